The molecule has 0 radical (unpaired) electrons. The molecule has 7 heteroatoms. The van der Waals surface area contributed by atoms with E-state index in [4.69, 9.17) is 5.11 Å². The number of aryl methyl sites for hydroxylation is 1. The molecule has 2 heterocycles. The van der Waals surface area contributed by atoms with E-state index in [9.17, 15) is 4.79 Å². The number of hydrogen-bond donors (Lipinski definition) is 1. The van der Waals surface area contributed by atoms with Gasteiger partial charge in [-0.05, 0) is 24.6 Å². The van der Waals surface area contributed by atoms with E-state index in [1.807, 2.05) is 22.2 Å². The van der Waals surface area contributed by atoms with Crippen LogP contribution in [-0.4, -0.2) is 31.4 Å². The summed E-state index contributed by atoms with van der Waals surface area (Å²) in [5, 5.41) is 9.56. The lowest BCUT2D eigenvalue weighted by molar-refractivity contribution is -0.133. The summed E-state index contributed by atoms with van der Waals surface area (Å²) in [6.07, 6.45) is 2.64. The third-order valence-electron chi connectivity index (χ3n) is 3.06. The average Bonchev–Trinajstić information content (AvgIpc) is 3.10. The summed E-state index contributed by atoms with van der Waals surface area (Å²) in [5.41, 5.74) is 4.85. The van der Waals surface area contributed by atoms with Crippen molar-refractivity contribution in [3.63, 3.8) is 0 Å². The molecule has 0 fully saturated rings. The van der Waals surface area contributed by atoms with Gasteiger partial charge in [-0.1, -0.05) is 18.7 Å². The van der Waals surface area contributed by atoms with Crippen LogP contribution in [0.5, 0.6) is 0 Å². The Labute approximate surface area is 129 Å². The van der Waals surface area contributed by atoms with Crippen molar-refractivity contribution in [3.05, 3.63) is 35.6 Å². The van der Waals surface area contributed by atoms with Gasteiger partial charge in [0.25, 0.3) is 0 Å². The maximum absolute atomic E-state index is 10.8. The smallest absolute Gasteiger partial charge is 0.313 e. The molecule has 0 amide bonds. The number of thiazole rings is 1. The molecule has 5 nitrogen and oxygen atoms in total. The van der Waals surface area contributed by atoms with Gasteiger partial charge in [0.05, 0.1) is 21.5 Å². The lowest BCUT2D eigenvalue weighted by Gasteiger charge is -2.10. The Morgan fingerprint density at radius 2 is 2.29 bits per heavy atom. The Balaban J connectivity index is 2.05. The molecule has 0 unspecified atom stereocenters. The van der Waals surface area contributed by atoms with Crippen molar-refractivity contribution in [3.8, 4) is 5.69 Å². The standard InChI is InChI=1S/C14H13N3O2S2/c1-2-9-6-15-14(20-7-13(18)19)17(9)10-3-4-11-12(5-10)21-8-16-11/h3-6,8H,2,7H2,1H3,(H,18,19). The van der Waals surface area contributed by atoms with Crippen molar-refractivity contribution in [2.75, 3.05) is 5.75 Å². The van der Waals surface area contributed by atoms with Gasteiger partial charge in [-0.15, -0.1) is 11.3 Å². The van der Waals surface area contributed by atoms with E-state index in [2.05, 4.69) is 23.0 Å². The van der Waals surface area contributed by atoms with Crippen LogP contribution in [0.4, 0.5) is 0 Å². The van der Waals surface area contributed by atoms with E-state index < -0.39 is 5.97 Å². The molecule has 2 aromatic heterocycles. The maximum Gasteiger partial charge on any atom is 0.313 e. The summed E-state index contributed by atoms with van der Waals surface area (Å²) >= 11 is 2.82. The molecule has 1 aromatic carbocycles. The average molecular weight is 319 g/mol. The van der Waals surface area contributed by atoms with E-state index in [0.717, 1.165) is 28.0 Å². The molecule has 0 atom stereocenters. The maximum atomic E-state index is 10.8. The summed E-state index contributed by atoms with van der Waals surface area (Å²) < 4.78 is 3.13. The summed E-state index contributed by atoms with van der Waals surface area (Å²) in [7, 11) is 0. The number of aromatic nitrogens is 3. The zero-order valence-electron chi connectivity index (χ0n) is 11.3. The lowest BCUT2D eigenvalue weighted by atomic mass is 10.2. The van der Waals surface area contributed by atoms with Crippen molar-refractivity contribution < 1.29 is 9.90 Å². The number of carboxylic acids is 1. The van der Waals surface area contributed by atoms with Crippen LogP contribution in [0.3, 0.4) is 0 Å². The van der Waals surface area contributed by atoms with Crippen LogP contribution in [0.15, 0.2) is 35.1 Å². The first-order valence-corrected chi connectivity index (χ1v) is 8.30. The molecule has 0 aliphatic carbocycles. The summed E-state index contributed by atoms with van der Waals surface area (Å²) in [5.74, 6) is -0.839. The molecule has 1 N–H and O–H groups in total. The molecule has 0 aliphatic rings. The highest BCUT2D eigenvalue weighted by molar-refractivity contribution is 7.99. The predicted molar refractivity (Wildman–Crippen MR) is 84.5 cm³/mol. The van der Waals surface area contributed by atoms with Crippen LogP contribution in [0, 0.1) is 0 Å². The SMILES string of the molecule is CCc1cnc(SCC(=O)O)n1-c1ccc2ncsc2c1. The zero-order chi connectivity index (χ0) is 14.8. The van der Waals surface area contributed by atoms with Crippen LogP contribution in [0.25, 0.3) is 15.9 Å². The second kappa shape index (κ2) is 5.87. The normalized spacial score (nSPS) is 11.1. The lowest BCUT2D eigenvalue weighted by Crippen LogP contribution is -2.04. The number of nitrogens with zero attached hydrogens (tertiary/aromatic N) is 3. The quantitative estimate of drug-likeness (QED) is 0.731. The number of rotatable bonds is 5. The number of imidazole rings is 1. The highest BCUT2D eigenvalue weighted by atomic mass is 32.2. The van der Waals surface area contributed by atoms with Gasteiger partial charge in [-0.3, -0.25) is 9.36 Å². The van der Waals surface area contributed by atoms with Crippen molar-refractivity contribution >= 4 is 39.3 Å². The minimum atomic E-state index is -0.842. The fourth-order valence-electron chi connectivity index (χ4n) is 2.10. The van der Waals surface area contributed by atoms with Gasteiger partial charge in [0.2, 0.25) is 0 Å². The van der Waals surface area contributed by atoms with Gasteiger partial charge in [0.15, 0.2) is 5.16 Å². The van der Waals surface area contributed by atoms with Gasteiger partial charge >= 0.3 is 5.97 Å². The van der Waals surface area contributed by atoms with Crippen LogP contribution in [0.2, 0.25) is 0 Å². The topological polar surface area (TPSA) is 68.0 Å². The Kier molecular flexibility index (Phi) is 3.94. The van der Waals surface area contributed by atoms with Crippen LogP contribution in [-0.2, 0) is 11.2 Å². The Morgan fingerprint density at radius 3 is 3.05 bits per heavy atom. The first-order chi connectivity index (χ1) is 10.2. The fraction of sp³-hybridized carbons (Fsp3) is 0.214. The molecule has 0 spiro atoms. The highest BCUT2D eigenvalue weighted by Gasteiger charge is 2.13. The molecule has 0 bridgehead atoms. The number of fused-ring (bicyclic) bond motifs is 1. The first-order valence-electron chi connectivity index (χ1n) is 6.44. The Morgan fingerprint density at radius 1 is 1.43 bits per heavy atom. The summed E-state index contributed by atoms with van der Waals surface area (Å²) in [6, 6.07) is 6.04. The number of hydrogen-bond acceptors (Lipinski definition) is 5. The van der Waals surface area contributed by atoms with Gasteiger partial charge in [0, 0.05) is 17.6 Å². The van der Waals surface area contributed by atoms with Crippen molar-refractivity contribution in [2.45, 2.75) is 18.5 Å². The van der Waals surface area contributed by atoms with Crippen molar-refractivity contribution in [1.82, 2.24) is 14.5 Å². The molecular weight excluding hydrogens is 306 g/mol. The van der Waals surface area contributed by atoms with Crippen LogP contribution < -0.4 is 0 Å². The first kappa shape index (κ1) is 14.1. The second-order valence-electron chi connectivity index (χ2n) is 4.41. The van der Waals surface area contributed by atoms with E-state index >= 15 is 0 Å². The predicted octanol–water partition coefficient (Wildman–Crippen LogP) is 3.22. The largest absolute Gasteiger partial charge is 0.481 e. The molecule has 21 heavy (non-hydrogen) atoms. The third-order valence-corrected chi connectivity index (χ3v) is 4.79. The number of thioether (sulfide) groups is 1. The van der Waals surface area contributed by atoms with Gasteiger partial charge in [-0.2, -0.15) is 0 Å². The van der Waals surface area contributed by atoms with Crippen molar-refractivity contribution in [1.29, 1.82) is 0 Å². The molecule has 0 aliphatic heterocycles. The molecule has 3 aromatic rings. The number of benzene rings is 1. The van der Waals surface area contributed by atoms with E-state index in [1.165, 1.54) is 11.8 Å². The van der Waals surface area contributed by atoms with Gasteiger partial charge in [-0.25, -0.2) is 9.97 Å². The minimum Gasteiger partial charge on any atom is -0.481 e. The number of aliphatic carboxylic acids is 1. The molecular formula is C14H13N3O2S2. The van der Waals surface area contributed by atoms with E-state index in [-0.39, 0.29) is 5.75 Å². The molecule has 108 valence electrons. The molecule has 3 rings (SSSR count). The number of carbonyl (C=O) groups is 1. The summed E-state index contributed by atoms with van der Waals surface area (Å²) in [6.45, 7) is 2.06. The molecule has 0 saturated carbocycles. The third kappa shape index (κ3) is 2.79. The van der Waals surface area contributed by atoms with E-state index in [0.29, 0.717) is 5.16 Å². The fourth-order valence-corrected chi connectivity index (χ4v) is 3.55. The van der Waals surface area contributed by atoms with Crippen LogP contribution in [0.1, 0.15) is 12.6 Å². The van der Waals surface area contributed by atoms with Crippen molar-refractivity contribution in [2.24, 2.45) is 0 Å². The number of carboxylic acid groups (broad SMARTS) is 1. The molecule has 0 saturated heterocycles. The second-order valence-corrected chi connectivity index (χ2v) is 6.24. The van der Waals surface area contributed by atoms with Gasteiger partial charge < -0.3 is 5.11 Å². The Bertz CT molecular complexity index is 794. The zero-order valence-corrected chi connectivity index (χ0v) is 12.9. The highest BCUT2D eigenvalue weighted by Crippen LogP contribution is 2.27. The van der Waals surface area contributed by atoms with E-state index in [1.54, 1.807) is 17.5 Å². The van der Waals surface area contributed by atoms with Gasteiger partial charge in [0.1, 0.15) is 0 Å². The monoisotopic (exact) mass is 319 g/mol. The minimum absolute atomic E-state index is 0.00295. The van der Waals surface area contributed by atoms with Crippen LogP contribution >= 0.6 is 23.1 Å². The summed E-state index contributed by atoms with van der Waals surface area (Å²) in [4.78, 5) is 19.4. The Hall–Kier alpha value is -1.86.